The summed E-state index contributed by atoms with van der Waals surface area (Å²) in [5, 5.41) is 4.25. The topological polar surface area (TPSA) is 56.1 Å². The molecule has 0 aliphatic rings. The number of esters is 1. The molecule has 0 radical (unpaired) electrons. The van der Waals surface area contributed by atoms with Gasteiger partial charge in [0.05, 0.1) is 40.8 Å². The molecule has 0 fully saturated rings. The van der Waals surface area contributed by atoms with Crippen molar-refractivity contribution in [3.8, 4) is 0 Å². The fraction of sp³-hybridized carbons (Fsp3) is 0.238. The Morgan fingerprint density at radius 2 is 1.89 bits per heavy atom. The number of ether oxygens (including phenoxy) is 1. The highest BCUT2D eigenvalue weighted by atomic mass is 35.5. The summed E-state index contributed by atoms with van der Waals surface area (Å²) in [6, 6.07) is 12.8. The van der Waals surface area contributed by atoms with E-state index in [9.17, 15) is 4.79 Å². The van der Waals surface area contributed by atoms with Gasteiger partial charge < -0.3 is 14.6 Å². The number of hydrogen-bond donors (Lipinski definition) is 1. The molecular formula is C21H21Cl2N3O2. The van der Waals surface area contributed by atoms with E-state index < -0.39 is 0 Å². The molecule has 3 rings (SSSR count). The molecule has 0 unspecified atom stereocenters. The number of anilines is 2. The van der Waals surface area contributed by atoms with Gasteiger partial charge in [0.15, 0.2) is 0 Å². The molecule has 0 saturated heterocycles. The van der Waals surface area contributed by atoms with Crippen LogP contribution < -0.4 is 5.32 Å². The molecule has 1 heterocycles. The van der Waals surface area contributed by atoms with Gasteiger partial charge in [-0.1, -0.05) is 47.5 Å². The van der Waals surface area contributed by atoms with Crippen LogP contribution in [0.5, 0.6) is 0 Å². The van der Waals surface area contributed by atoms with Gasteiger partial charge in [0, 0.05) is 18.4 Å². The molecular weight excluding hydrogens is 397 g/mol. The molecule has 28 heavy (non-hydrogen) atoms. The highest BCUT2D eigenvalue weighted by Crippen LogP contribution is 2.33. The smallest absolute Gasteiger partial charge is 0.310 e. The summed E-state index contributed by atoms with van der Waals surface area (Å²) < 4.78 is 7.36. The van der Waals surface area contributed by atoms with Gasteiger partial charge in [-0.3, -0.25) is 4.79 Å². The molecule has 5 nitrogen and oxygen atoms in total. The molecule has 0 saturated carbocycles. The first kappa shape index (κ1) is 20.2. The van der Waals surface area contributed by atoms with E-state index in [2.05, 4.69) is 10.3 Å². The average Bonchev–Trinajstić information content (AvgIpc) is 3.08. The normalized spacial score (nSPS) is 10.7. The minimum absolute atomic E-state index is 0.162. The number of benzene rings is 2. The monoisotopic (exact) mass is 417 g/mol. The number of carbonyl (C=O) groups excluding carboxylic acids is 1. The number of halogens is 2. The van der Waals surface area contributed by atoms with E-state index in [0.717, 1.165) is 29.9 Å². The Morgan fingerprint density at radius 1 is 1.14 bits per heavy atom. The van der Waals surface area contributed by atoms with Crippen molar-refractivity contribution in [1.82, 2.24) is 9.55 Å². The summed E-state index contributed by atoms with van der Waals surface area (Å²) in [4.78, 5) is 16.4. The lowest BCUT2D eigenvalue weighted by molar-refractivity contribution is -0.142. The molecule has 0 aliphatic heterocycles. The zero-order chi connectivity index (χ0) is 19.9. The summed E-state index contributed by atoms with van der Waals surface area (Å²) in [6.07, 6.45) is 4.63. The SMILES string of the molecule is Cc1cn(CCCOC(=O)Cc2ccccc2Nc2c(Cl)cccc2Cl)cn1. The Labute approximate surface area is 174 Å². The zero-order valence-corrected chi connectivity index (χ0v) is 17.0. The second-order valence-corrected chi connectivity index (χ2v) is 7.20. The Morgan fingerprint density at radius 3 is 2.61 bits per heavy atom. The Balaban J connectivity index is 1.56. The van der Waals surface area contributed by atoms with Crippen molar-refractivity contribution < 1.29 is 9.53 Å². The lowest BCUT2D eigenvalue weighted by Crippen LogP contribution is -2.11. The van der Waals surface area contributed by atoms with E-state index in [-0.39, 0.29) is 12.4 Å². The van der Waals surface area contributed by atoms with Crippen molar-refractivity contribution in [3.05, 3.63) is 76.3 Å². The number of para-hydroxylation sites is 2. The van der Waals surface area contributed by atoms with Crippen LogP contribution in [0, 0.1) is 6.92 Å². The molecule has 2 aromatic carbocycles. The molecule has 7 heteroatoms. The van der Waals surface area contributed by atoms with Crippen molar-refractivity contribution in [2.24, 2.45) is 0 Å². The van der Waals surface area contributed by atoms with Crippen LogP contribution in [0.4, 0.5) is 11.4 Å². The number of rotatable bonds is 8. The molecule has 0 atom stereocenters. The van der Waals surface area contributed by atoms with E-state index >= 15 is 0 Å². The van der Waals surface area contributed by atoms with Crippen molar-refractivity contribution in [2.75, 3.05) is 11.9 Å². The van der Waals surface area contributed by atoms with Crippen LogP contribution in [0.3, 0.4) is 0 Å². The number of hydrogen-bond acceptors (Lipinski definition) is 4. The van der Waals surface area contributed by atoms with Crippen LogP contribution in [0.1, 0.15) is 17.7 Å². The quantitative estimate of drug-likeness (QED) is 0.392. The van der Waals surface area contributed by atoms with Crippen LogP contribution in [0.25, 0.3) is 0 Å². The maximum Gasteiger partial charge on any atom is 0.310 e. The third-order valence-electron chi connectivity index (χ3n) is 4.16. The molecule has 0 bridgehead atoms. The molecule has 3 aromatic rings. The fourth-order valence-electron chi connectivity index (χ4n) is 2.78. The second kappa shape index (κ2) is 9.62. The average molecular weight is 418 g/mol. The molecule has 146 valence electrons. The third kappa shape index (κ3) is 5.50. The van der Waals surface area contributed by atoms with E-state index in [1.807, 2.05) is 42.0 Å². The largest absolute Gasteiger partial charge is 0.465 e. The van der Waals surface area contributed by atoms with Crippen LogP contribution in [0.15, 0.2) is 55.0 Å². The Kier molecular flexibility index (Phi) is 6.95. The minimum atomic E-state index is -0.277. The number of aromatic nitrogens is 2. The number of carbonyl (C=O) groups is 1. The number of nitrogens with one attached hydrogen (secondary N) is 1. The predicted octanol–water partition coefficient (Wildman–Crippen LogP) is 5.42. The first-order valence-corrected chi connectivity index (χ1v) is 9.71. The number of imidazole rings is 1. The minimum Gasteiger partial charge on any atom is -0.465 e. The van der Waals surface area contributed by atoms with Crippen molar-refractivity contribution in [2.45, 2.75) is 26.3 Å². The zero-order valence-electron chi connectivity index (χ0n) is 15.5. The van der Waals surface area contributed by atoms with Gasteiger partial charge in [0.1, 0.15) is 0 Å². The van der Waals surface area contributed by atoms with Crippen LogP contribution in [-0.4, -0.2) is 22.1 Å². The van der Waals surface area contributed by atoms with E-state index in [1.165, 1.54) is 0 Å². The Hall–Kier alpha value is -2.50. The highest BCUT2D eigenvalue weighted by molar-refractivity contribution is 6.39. The highest BCUT2D eigenvalue weighted by Gasteiger charge is 2.12. The van der Waals surface area contributed by atoms with Crippen LogP contribution in [0.2, 0.25) is 10.0 Å². The van der Waals surface area contributed by atoms with Crippen molar-refractivity contribution >= 4 is 40.5 Å². The molecule has 0 aliphatic carbocycles. The molecule has 0 amide bonds. The number of nitrogens with zero attached hydrogens (tertiary/aromatic N) is 2. The first-order valence-electron chi connectivity index (χ1n) is 8.96. The van der Waals surface area contributed by atoms with Gasteiger partial charge in [-0.25, -0.2) is 4.98 Å². The lowest BCUT2D eigenvalue weighted by atomic mass is 10.1. The van der Waals surface area contributed by atoms with Crippen molar-refractivity contribution in [3.63, 3.8) is 0 Å². The summed E-state index contributed by atoms with van der Waals surface area (Å²) >= 11 is 12.5. The summed E-state index contributed by atoms with van der Waals surface area (Å²) in [5.41, 5.74) is 3.17. The second-order valence-electron chi connectivity index (χ2n) is 6.38. The van der Waals surface area contributed by atoms with Crippen LogP contribution >= 0.6 is 23.2 Å². The summed E-state index contributed by atoms with van der Waals surface area (Å²) in [6.45, 7) is 3.07. The lowest BCUT2D eigenvalue weighted by Gasteiger charge is -2.14. The van der Waals surface area contributed by atoms with E-state index in [4.69, 9.17) is 27.9 Å². The summed E-state index contributed by atoms with van der Waals surface area (Å²) in [7, 11) is 0. The molecule has 1 N–H and O–H groups in total. The van der Waals surface area contributed by atoms with E-state index in [0.29, 0.717) is 22.3 Å². The maximum atomic E-state index is 12.2. The molecule has 0 spiro atoms. The van der Waals surface area contributed by atoms with Crippen molar-refractivity contribution in [1.29, 1.82) is 0 Å². The third-order valence-corrected chi connectivity index (χ3v) is 4.79. The summed E-state index contributed by atoms with van der Waals surface area (Å²) in [5.74, 6) is -0.277. The fourth-order valence-corrected chi connectivity index (χ4v) is 3.27. The predicted molar refractivity (Wildman–Crippen MR) is 112 cm³/mol. The number of aryl methyl sites for hydroxylation is 2. The van der Waals surface area contributed by atoms with Gasteiger partial charge in [0.25, 0.3) is 0 Å². The van der Waals surface area contributed by atoms with Crippen LogP contribution in [-0.2, 0) is 22.5 Å². The van der Waals surface area contributed by atoms with E-state index in [1.54, 1.807) is 24.5 Å². The maximum absolute atomic E-state index is 12.2. The van der Waals surface area contributed by atoms with Gasteiger partial charge >= 0.3 is 5.97 Å². The van der Waals surface area contributed by atoms with Gasteiger partial charge in [-0.15, -0.1) is 0 Å². The first-order chi connectivity index (χ1) is 13.5. The molecule has 1 aromatic heterocycles. The van der Waals surface area contributed by atoms with Gasteiger partial charge in [-0.05, 0) is 37.1 Å². The van der Waals surface area contributed by atoms with Gasteiger partial charge in [-0.2, -0.15) is 0 Å². The Bertz CT molecular complexity index is 936. The standard InChI is InChI=1S/C21H21Cl2N3O2/c1-15-13-26(14-24-15)10-5-11-28-20(27)12-16-6-2-3-9-19(16)25-21-17(22)7-4-8-18(21)23/h2-4,6-9,13-14,25H,5,10-12H2,1H3. The van der Waals surface area contributed by atoms with Gasteiger partial charge in [0.2, 0.25) is 0 Å².